The van der Waals surface area contributed by atoms with Crippen LogP contribution in [0.15, 0.2) is 72.9 Å². The number of ether oxygens (including phenoxy) is 5. The van der Waals surface area contributed by atoms with E-state index < -0.39 is 17.8 Å². The topological polar surface area (TPSA) is 97.4 Å². The Morgan fingerprint density at radius 1 is 0.769 bits per heavy atom. The summed E-state index contributed by atoms with van der Waals surface area (Å²) >= 11 is 0. The molecule has 2 aromatic rings. The fourth-order valence-corrected chi connectivity index (χ4v) is 2.92. The molecule has 0 saturated heterocycles. The van der Waals surface area contributed by atoms with Gasteiger partial charge in [-0.2, -0.15) is 0 Å². The lowest BCUT2D eigenvalue weighted by atomic mass is 10.0. The van der Waals surface area contributed by atoms with Crippen LogP contribution in [-0.2, 0) is 23.9 Å². The number of rotatable bonds is 16. The SMILES string of the molecule is C=C(C)C(=O)COCCOc1cc(OCCCOC(=O)C(=C)C)ccc1-c1ccc(OC(=O)C(=C)C)c(F)c1. The first-order valence-electron chi connectivity index (χ1n) is 12.2. The number of benzene rings is 2. The van der Waals surface area contributed by atoms with Gasteiger partial charge in [0, 0.05) is 29.2 Å². The summed E-state index contributed by atoms with van der Waals surface area (Å²) in [7, 11) is 0. The van der Waals surface area contributed by atoms with E-state index in [1.807, 2.05) is 0 Å². The highest BCUT2D eigenvalue weighted by atomic mass is 19.1. The molecule has 0 radical (unpaired) electrons. The van der Waals surface area contributed by atoms with Crippen molar-refractivity contribution in [3.8, 4) is 28.4 Å². The third-order valence-electron chi connectivity index (χ3n) is 5.08. The summed E-state index contributed by atoms with van der Waals surface area (Å²) in [6.07, 6.45) is 0.455. The highest BCUT2D eigenvalue weighted by Crippen LogP contribution is 2.35. The van der Waals surface area contributed by atoms with Gasteiger partial charge in [-0.15, -0.1) is 0 Å². The zero-order chi connectivity index (χ0) is 28.9. The Bertz CT molecular complexity index is 1250. The Kier molecular flexibility index (Phi) is 12.1. The summed E-state index contributed by atoms with van der Waals surface area (Å²) in [4.78, 5) is 34.9. The molecule has 0 aromatic heterocycles. The van der Waals surface area contributed by atoms with Crippen molar-refractivity contribution in [2.45, 2.75) is 27.2 Å². The molecular weight excluding hydrogens is 507 g/mol. The smallest absolute Gasteiger partial charge is 0.338 e. The van der Waals surface area contributed by atoms with E-state index in [0.717, 1.165) is 0 Å². The van der Waals surface area contributed by atoms with E-state index in [1.165, 1.54) is 19.1 Å². The molecule has 0 fully saturated rings. The molecule has 0 aliphatic carbocycles. The van der Waals surface area contributed by atoms with Crippen LogP contribution in [-0.4, -0.2) is 50.8 Å². The molecule has 0 bridgehead atoms. The van der Waals surface area contributed by atoms with Crippen LogP contribution >= 0.6 is 0 Å². The van der Waals surface area contributed by atoms with Crippen LogP contribution in [0.25, 0.3) is 11.1 Å². The van der Waals surface area contributed by atoms with E-state index in [0.29, 0.717) is 40.2 Å². The predicted octanol–water partition coefficient (Wildman–Crippen LogP) is 5.40. The maximum atomic E-state index is 14.7. The van der Waals surface area contributed by atoms with E-state index in [9.17, 15) is 18.8 Å². The predicted molar refractivity (Wildman–Crippen MR) is 144 cm³/mol. The number of hydrogen-bond donors (Lipinski definition) is 0. The molecule has 0 unspecified atom stereocenters. The second-order valence-corrected chi connectivity index (χ2v) is 8.70. The Morgan fingerprint density at radius 3 is 2.13 bits per heavy atom. The van der Waals surface area contributed by atoms with Crippen molar-refractivity contribution >= 4 is 17.7 Å². The number of ketones is 1. The van der Waals surface area contributed by atoms with Crippen LogP contribution < -0.4 is 14.2 Å². The average Bonchev–Trinajstić information content (AvgIpc) is 2.89. The molecule has 0 saturated carbocycles. The van der Waals surface area contributed by atoms with E-state index in [-0.39, 0.29) is 50.1 Å². The minimum atomic E-state index is -0.737. The summed E-state index contributed by atoms with van der Waals surface area (Å²) in [6.45, 7) is 15.8. The average molecular weight is 541 g/mol. The van der Waals surface area contributed by atoms with Crippen molar-refractivity contribution in [1.82, 2.24) is 0 Å². The quantitative estimate of drug-likeness (QED) is 0.121. The maximum Gasteiger partial charge on any atom is 0.338 e. The third-order valence-corrected chi connectivity index (χ3v) is 5.08. The van der Waals surface area contributed by atoms with Gasteiger partial charge in [0.2, 0.25) is 0 Å². The zero-order valence-corrected chi connectivity index (χ0v) is 22.5. The fraction of sp³-hybridized carbons (Fsp3) is 0.300. The number of Topliss-reactive ketones (excluding diaryl/α,β-unsaturated/α-hetero) is 1. The molecule has 8 nitrogen and oxygen atoms in total. The Balaban J connectivity index is 2.15. The van der Waals surface area contributed by atoms with E-state index in [1.54, 1.807) is 38.1 Å². The molecule has 208 valence electrons. The van der Waals surface area contributed by atoms with Crippen molar-refractivity contribution in [3.05, 3.63) is 78.7 Å². The molecule has 0 spiro atoms. The highest BCUT2D eigenvalue weighted by molar-refractivity contribution is 5.95. The van der Waals surface area contributed by atoms with Gasteiger partial charge in [-0.05, 0) is 56.2 Å². The van der Waals surface area contributed by atoms with Crippen LogP contribution in [0.1, 0.15) is 27.2 Å². The largest absolute Gasteiger partial charge is 0.493 e. The van der Waals surface area contributed by atoms with Crippen LogP contribution in [0.2, 0.25) is 0 Å². The van der Waals surface area contributed by atoms with Crippen molar-refractivity contribution in [2.75, 3.05) is 33.0 Å². The van der Waals surface area contributed by atoms with Gasteiger partial charge in [-0.25, -0.2) is 14.0 Å². The van der Waals surface area contributed by atoms with E-state index >= 15 is 0 Å². The van der Waals surface area contributed by atoms with Gasteiger partial charge in [-0.3, -0.25) is 4.79 Å². The van der Waals surface area contributed by atoms with Crippen LogP contribution in [0.5, 0.6) is 17.2 Å². The van der Waals surface area contributed by atoms with Gasteiger partial charge in [0.25, 0.3) is 0 Å². The molecule has 2 aromatic carbocycles. The van der Waals surface area contributed by atoms with Gasteiger partial charge >= 0.3 is 11.9 Å². The van der Waals surface area contributed by atoms with E-state index in [4.69, 9.17) is 23.7 Å². The van der Waals surface area contributed by atoms with Crippen LogP contribution in [0.3, 0.4) is 0 Å². The van der Waals surface area contributed by atoms with Crippen molar-refractivity contribution < 1.29 is 42.5 Å². The van der Waals surface area contributed by atoms with Crippen molar-refractivity contribution in [1.29, 1.82) is 0 Å². The Morgan fingerprint density at radius 2 is 1.49 bits per heavy atom. The second kappa shape index (κ2) is 15.2. The van der Waals surface area contributed by atoms with E-state index in [2.05, 4.69) is 19.7 Å². The third kappa shape index (κ3) is 10.2. The lowest BCUT2D eigenvalue weighted by Gasteiger charge is -2.15. The molecular formula is C30H33FO8. The summed E-state index contributed by atoms with van der Waals surface area (Å²) in [5, 5.41) is 0. The van der Waals surface area contributed by atoms with Crippen LogP contribution in [0.4, 0.5) is 4.39 Å². The van der Waals surface area contributed by atoms with Crippen molar-refractivity contribution in [3.63, 3.8) is 0 Å². The summed E-state index contributed by atoms with van der Waals surface area (Å²) in [5.74, 6) is -1.51. The molecule has 0 heterocycles. The van der Waals surface area contributed by atoms with Gasteiger partial charge in [0.1, 0.15) is 24.7 Å². The minimum Gasteiger partial charge on any atom is -0.493 e. The van der Waals surface area contributed by atoms with Gasteiger partial charge in [0.15, 0.2) is 17.3 Å². The van der Waals surface area contributed by atoms with Gasteiger partial charge < -0.3 is 23.7 Å². The first kappa shape index (κ1) is 31.0. The van der Waals surface area contributed by atoms with Gasteiger partial charge in [-0.1, -0.05) is 25.8 Å². The molecule has 39 heavy (non-hydrogen) atoms. The molecule has 0 aliphatic heterocycles. The van der Waals surface area contributed by atoms with Gasteiger partial charge in [0.05, 0.1) is 19.8 Å². The van der Waals surface area contributed by atoms with Crippen molar-refractivity contribution in [2.24, 2.45) is 0 Å². The lowest BCUT2D eigenvalue weighted by molar-refractivity contribution is -0.139. The number of carbonyl (C=O) groups excluding carboxylic acids is 3. The lowest BCUT2D eigenvalue weighted by Crippen LogP contribution is -2.14. The number of halogens is 1. The first-order chi connectivity index (χ1) is 18.5. The minimum absolute atomic E-state index is 0.105. The number of hydrogen-bond acceptors (Lipinski definition) is 8. The summed E-state index contributed by atoms with van der Waals surface area (Å²) in [5.41, 5.74) is 1.88. The molecule has 0 atom stereocenters. The molecule has 0 N–H and O–H groups in total. The Labute approximate surface area is 227 Å². The first-order valence-corrected chi connectivity index (χ1v) is 12.2. The molecule has 0 aliphatic rings. The number of carbonyl (C=O) groups is 3. The zero-order valence-electron chi connectivity index (χ0n) is 22.5. The number of esters is 2. The molecule has 9 heteroatoms. The highest BCUT2D eigenvalue weighted by Gasteiger charge is 2.15. The normalized spacial score (nSPS) is 10.4. The summed E-state index contributed by atoms with van der Waals surface area (Å²) < 4.78 is 41.8. The molecule has 0 amide bonds. The maximum absolute atomic E-state index is 14.7. The summed E-state index contributed by atoms with van der Waals surface area (Å²) in [6, 6.07) is 9.19. The Hall–Kier alpha value is -4.24. The molecule has 2 rings (SSSR count). The fourth-order valence-electron chi connectivity index (χ4n) is 2.92. The monoisotopic (exact) mass is 540 g/mol. The van der Waals surface area contributed by atoms with Crippen LogP contribution in [0, 0.1) is 5.82 Å². The second-order valence-electron chi connectivity index (χ2n) is 8.70. The standard InChI is InChI=1S/C30H33FO8/c1-19(2)26(32)18-35-14-15-37-28-17-23(36-12-7-13-38-29(33)20(3)4)9-10-24(28)22-8-11-27(25(31)16-22)39-30(34)21(5)6/h8-11,16-17H,1,3,5,7,12-15,18H2,2,4,6H3.